The Hall–Kier alpha value is -0.590. The SMILES string of the molecule is CS(=O)(=O)NCCNCC1CCC=CO1. The van der Waals surface area contributed by atoms with Crippen LogP contribution in [0.1, 0.15) is 12.8 Å². The second-order valence-corrected chi connectivity index (χ2v) is 5.41. The fraction of sp³-hybridized carbons (Fsp3) is 0.778. The number of nitrogens with one attached hydrogen (secondary N) is 2. The minimum Gasteiger partial charge on any atom is -0.497 e. The maximum Gasteiger partial charge on any atom is 0.208 e. The van der Waals surface area contributed by atoms with Crippen molar-refractivity contribution in [1.29, 1.82) is 0 Å². The molecule has 15 heavy (non-hydrogen) atoms. The predicted octanol–water partition coefficient (Wildman–Crippen LogP) is -0.182. The lowest BCUT2D eigenvalue weighted by molar-refractivity contribution is 0.123. The Bertz CT molecular complexity index is 300. The van der Waals surface area contributed by atoms with Gasteiger partial charge < -0.3 is 10.1 Å². The van der Waals surface area contributed by atoms with Crippen LogP contribution in [0.5, 0.6) is 0 Å². The molecule has 1 unspecified atom stereocenters. The van der Waals surface area contributed by atoms with Crippen LogP contribution in [0.3, 0.4) is 0 Å². The Labute approximate surface area is 90.9 Å². The van der Waals surface area contributed by atoms with Crippen LogP contribution in [0.4, 0.5) is 0 Å². The third-order valence-electron chi connectivity index (χ3n) is 2.06. The Morgan fingerprint density at radius 2 is 2.27 bits per heavy atom. The first-order valence-electron chi connectivity index (χ1n) is 5.04. The van der Waals surface area contributed by atoms with Gasteiger partial charge in [0.05, 0.1) is 12.5 Å². The number of ether oxygens (including phenoxy) is 1. The van der Waals surface area contributed by atoms with E-state index in [-0.39, 0.29) is 6.10 Å². The standard InChI is InChI=1S/C9H18N2O3S/c1-15(12,13)11-6-5-10-8-9-4-2-3-7-14-9/h3,7,9-11H,2,4-6,8H2,1H3. The van der Waals surface area contributed by atoms with Crippen LogP contribution in [0.25, 0.3) is 0 Å². The van der Waals surface area contributed by atoms with Crippen LogP contribution in [-0.2, 0) is 14.8 Å². The molecule has 0 saturated heterocycles. The summed E-state index contributed by atoms with van der Waals surface area (Å²) in [6, 6.07) is 0. The van der Waals surface area contributed by atoms with Gasteiger partial charge in [0, 0.05) is 19.6 Å². The molecule has 0 radical (unpaired) electrons. The zero-order valence-electron chi connectivity index (χ0n) is 8.90. The molecule has 0 bridgehead atoms. The minimum atomic E-state index is -3.06. The van der Waals surface area contributed by atoms with Gasteiger partial charge in [-0.05, 0) is 18.9 Å². The van der Waals surface area contributed by atoms with Crippen molar-refractivity contribution in [3.05, 3.63) is 12.3 Å². The first kappa shape index (κ1) is 12.5. The van der Waals surface area contributed by atoms with E-state index < -0.39 is 10.0 Å². The van der Waals surface area contributed by atoms with Gasteiger partial charge in [0.25, 0.3) is 0 Å². The van der Waals surface area contributed by atoms with Crippen molar-refractivity contribution in [2.24, 2.45) is 0 Å². The van der Waals surface area contributed by atoms with Gasteiger partial charge in [-0.2, -0.15) is 0 Å². The van der Waals surface area contributed by atoms with Gasteiger partial charge in [-0.15, -0.1) is 0 Å². The van der Waals surface area contributed by atoms with Gasteiger partial charge >= 0.3 is 0 Å². The summed E-state index contributed by atoms with van der Waals surface area (Å²) in [6.45, 7) is 1.80. The maximum absolute atomic E-state index is 10.7. The summed E-state index contributed by atoms with van der Waals surface area (Å²) in [4.78, 5) is 0. The third kappa shape index (κ3) is 6.48. The van der Waals surface area contributed by atoms with Crippen molar-refractivity contribution < 1.29 is 13.2 Å². The second-order valence-electron chi connectivity index (χ2n) is 3.58. The van der Waals surface area contributed by atoms with Crippen molar-refractivity contribution in [2.45, 2.75) is 18.9 Å². The Morgan fingerprint density at radius 1 is 1.47 bits per heavy atom. The first-order chi connectivity index (χ1) is 7.08. The minimum absolute atomic E-state index is 0.216. The van der Waals surface area contributed by atoms with Crippen molar-refractivity contribution in [3.63, 3.8) is 0 Å². The summed E-state index contributed by atoms with van der Waals surface area (Å²) >= 11 is 0. The van der Waals surface area contributed by atoms with Crippen molar-refractivity contribution in [2.75, 3.05) is 25.9 Å². The number of allylic oxidation sites excluding steroid dienone is 1. The highest BCUT2D eigenvalue weighted by atomic mass is 32.2. The second kappa shape index (κ2) is 6.09. The molecule has 0 saturated carbocycles. The van der Waals surface area contributed by atoms with Crippen LogP contribution in [0.15, 0.2) is 12.3 Å². The van der Waals surface area contributed by atoms with Gasteiger partial charge in [-0.1, -0.05) is 0 Å². The smallest absolute Gasteiger partial charge is 0.208 e. The number of sulfonamides is 1. The summed E-state index contributed by atoms with van der Waals surface area (Å²) in [7, 11) is -3.06. The molecule has 5 nitrogen and oxygen atoms in total. The predicted molar refractivity (Wildman–Crippen MR) is 59.0 cm³/mol. The van der Waals surface area contributed by atoms with Crippen molar-refractivity contribution >= 4 is 10.0 Å². The van der Waals surface area contributed by atoms with E-state index in [1.807, 2.05) is 6.08 Å². The van der Waals surface area contributed by atoms with E-state index >= 15 is 0 Å². The maximum atomic E-state index is 10.7. The lowest BCUT2D eigenvalue weighted by Gasteiger charge is -2.19. The van der Waals surface area contributed by atoms with Crippen LogP contribution in [-0.4, -0.2) is 40.4 Å². The quantitative estimate of drug-likeness (QED) is 0.626. The van der Waals surface area contributed by atoms with Gasteiger partial charge in [0.1, 0.15) is 6.10 Å². The van der Waals surface area contributed by atoms with E-state index in [9.17, 15) is 8.42 Å². The fourth-order valence-electron chi connectivity index (χ4n) is 1.32. The highest BCUT2D eigenvalue weighted by Gasteiger charge is 2.09. The normalized spacial score (nSPS) is 21.3. The molecule has 0 amide bonds. The van der Waals surface area contributed by atoms with E-state index in [2.05, 4.69) is 10.0 Å². The van der Waals surface area contributed by atoms with Crippen LogP contribution < -0.4 is 10.0 Å². The van der Waals surface area contributed by atoms with Gasteiger partial charge in [-0.3, -0.25) is 0 Å². The molecule has 0 fully saturated rings. The molecule has 1 atom stereocenters. The van der Waals surface area contributed by atoms with Crippen LogP contribution >= 0.6 is 0 Å². The average Bonchev–Trinajstić information content (AvgIpc) is 2.17. The molecular weight excluding hydrogens is 216 g/mol. The van der Waals surface area contributed by atoms with E-state index in [1.54, 1.807) is 6.26 Å². The summed E-state index contributed by atoms with van der Waals surface area (Å²) in [5.41, 5.74) is 0. The number of hydrogen-bond acceptors (Lipinski definition) is 4. The lowest BCUT2D eigenvalue weighted by atomic mass is 10.1. The number of rotatable bonds is 6. The Kier molecular flexibility index (Phi) is 5.07. The molecule has 0 aromatic carbocycles. The molecule has 1 aliphatic rings. The molecule has 0 aromatic rings. The van der Waals surface area contributed by atoms with Gasteiger partial charge in [0.15, 0.2) is 0 Å². The fourth-order valence-corrected chi connectivity index (χ4v) is 1.80. The largest absolute Gasteiger partial charge is 0.497 e. The Balaban J connectivity index is 1.99. The lowest BCUT2D eigenvalue weighted by Crippen LogP contribution is -2.35. The van der Waals surface area contributed by atoms with Crippen molar-refractivity contribution in [1.82, 2.24) is 10.0 Å². The van der Waals surface area contributed by atoms with E-state index in [0.717, 1.165) is 25.6 Å². The summed E-state index contributed by atoms with van der Waals surface area (Å²) < 4.78 is 29.2. The zero-order valence-corrected chi connectivity index (χ0v) is 9.72. The zero-order chi connectivity index (χ0) is 11.1. The molecule has 0 spiro atoms. The van der Waals surface area contributed by atoms with Crippen LogP contribution in [0, 0.1) is 0 Å². The van der Waals surface area contributed by atoms with Crippen LogP contribution in [0.2, 0.25) is 0 Å². The highest BCUT2D eigenvalue weighted by Crippen LogP contribution is 2.08. The van der Waals surface area contributed by atoms with E-state index in [4.69, 9.17) is 4.74 Å². The molecule has 88 valence electrons. The van der Waals surface area contributed by atoms with Gasteiger partial charge in [-0.25, -0.2) is 13.1 Å². The highest BCUT2D eigenvalue weighted by molar-refractivity contribution is 7.88. The van der Waals surface area contributed by atoms with Crippen molar-refractivity contribution in [3.8, 4) is 0 Å². The molecule has 2 N–H and O–H groups in total. The first-order valence-corrected chi connectivity index (χ1v) is 6.93. The van der Waals surface area contributed by atoms with Gasteiger partial charge in [0.2, 0.25) is 10.0 Å². The molecule has 1 heterocycles. The molecule has 0 aliphatic carbocycles. The number of hydrogen-bond donors (Lipinski definition) is 2. The monoisotopic (exact) mass is 234 g/mol. The topological polar surface area (TPSA) is 67.4 Å². The van der Waals surface area contributed by atoms with E-state index in [0.29, 0.717) is 13.1 Å². The summed E-state index contributed by atoms with van der Waals surface area (Å²) in [6.07, 6.45) is 7.17. The average molecular weight is 234 g/mol. The molecule has 6 heteroatoms. The molecule has 0 aromatic heterocycles. The van der Waals surface area contributed by atoms with E-state index in [1.165, 1.54) is 0 Å². The molecule has 1 rings (SSSR count). The molecular formula is C9H18N2O3S. The Morgan fingerprint density at radius 3 is 2.87 bits per heavy atom. The summed E-state index contributed by atoms with van der Waals surface area (Å²) in [5.74, 6) is 0. The third-order valence-corrected chi connectivity index (χ3v) is 2.79. The summed E-state index contributed by atoms with van der Waals surface area (Å²) in [5, 5.41) is 3.14. The molecule has 1 aliphatic heterocycles.